The van der Waals surface area contributed by atoms with Gasteiger partial charge in [0, 0.05) is 0 Å². The summed E-state index contributed by atoms with van der Waals surface area (Å²) in [6.45, 7) is 11.1. The van der Waals surface area contributed by atoms with Gasteiger partial charge in [0.1, 0.15) is 0 Å². The van der Waals surface area contributed by atoms with Gasteiger partial charge < -0.3 is 4.74 Å². The second-order valence-corrected chi connectivity index (χ2v) is 6.08. The van der Waals surface area contributed by atoms with Crippen molar-refractivity contribution in [1.82, 2.24) is 0 Å². The van der Waals surface area contributed by atoms with Crippen molar-refractivity contribution < 1.29 is 4.74 Å². The normalized spacial score (nSPS) is 12.3. The van der Waals surface area contributed by atoms with Gasteiger partial charge in [-0.2, -0.15) is 0 Å². The average Bonchev–Trinajstić information content (AvgIpc) is 2.49. The van der Waals surface area contributed by atoms with Crippen molar-refractivity contribution in [2.24, 2.45) is 0 Å². The van der Waals surface area contributed by atoms with Crippen LogP contribution in [0.25, 0.3) is 6.08 Å². The van der Waals surface area contributed by atoms with Gasteiger partial charge in [0.15, 0.2) is 0 Å². The molecule has 0 radical (unpaired) electrons. The third kappa shape index (κ3) is 7.47. The molecule has 1 heteroatoms. The molecule has 0 aromatic heterocycles. The van der Waals surface area contributed by atoms with Crippen LogP contribution in [0.3, 0.4) is 0 Å². The average molecular weight is 288 g/mol. The largest absolute Gasteiger partial charge is 0.374 e. The van der Waals surface area contributed by atoms with Gasteiger partial charge in [0.25, 0.3) is 0 Å². The van der Waals surface area contributed by atoms with Crippen LogP contribution in [0.2, 0.25) is 0 Å². The summed E-state index contributed by atoms with van der Waals surface area (Å²) in [6, 6.07) is 6.45. The SMILES string of the molecule is C=Cc1ccc(C)cc1COC(C)CCCCCCCC. The van der Waals surface area contributed by atoms with Gasteiger partial charge in [-0.3, -0.25) is 0 Å². The molecule has 0 bridgehead atoms. The van der Waals surface area contributed by atoms with Crippen LogP contribution in [0, 0.1) is 6.92 Å². The number of hydrogen-bond donors (Lipinski definition) is 0. The van der Waals surface area contributed by atoms with Crippen LogP contribution >= 0.6 is 0 Å². The molecular formula is C20H32O. The Balaban J connectivity index is 2.25. The number of aryl methyl sites for hydroxylation is 1. The van der Waals surface area contributed by atoms with Gasteiger partial charge in [-0.1, -0.05) is 81.9 Å². The van der Waals surface area contributed by atoms with Gasteiger partial charge in [0.05, 0.1) is 12.7 Å². The Hall–Kier alpha value is -1.08. The highest BCUT2D eigenvalue weighted by molar-refractivity contribution is 5.52. The lowest BCUT2D eigenvalue weighted by atomic mass is 10.0. The summed E-state index contributed by atoms with van der Waals surface area (Å²) in [5, 5.41) is 0. The quantitative estimate of drug-likeness (QED) is 0.434. The van der Waals surface area contributed by atoms with E-state index in [2.05, 4.69) is 45.5 Å². The molecule has 0 aliphatic heterocycles. The summed E-state index contributed by atoms with van der Waals surface area (Å²) < 4.78 is 6.01. The third-order valence-electron chi connectivity index (χ3n) is 4.01. The minimum Gasteiger partial charge on any atom is -0.374 e. The maximum atomic E-state index is 6.01. The van der Waals surface area contributed by atoms with E-state index in [-0.39, 0.29) is 0 Å². The monoisotopic (exact) mass is 288 g/mol. The molecule has 21 heavy (non-hydrogen) atoms. The van der Waals surface area contributed by atoms with E-state index < -0.39 is 0 Å². The number of ether oxygens (including phenoxy) is 1. The van der Waals surface area contributed by atoms with Crippen LogP contribution in [-0.4, -0.2) is 6.10 Å². The molecule has 0 heterocycles. The summed E-state index contributed by atoms with van der Waals surface area (Å²) in [4.78, 5) is 0. The zero-order valence-electron chi connectivity index (χ0n) is 14.2. The zero-order valence-corrected chi connectivity index (χ0v) is 14.2. The summed E-state index contributed by atoms with van der Waals surface area (Å²) >= 11 is 0. The van der Waals surface area contributed by atoms with Crippen molar-refractivity contribution in [2.45, 2.75) is 78.4 Å². The first-order valence-corrected chi connectivity index (χ1v) is 8.51. The van der Waals surface area contributed by atoms with Gasteiger partial charge >= 0.3 is 0 Å². The molecule has 1 rings (SSSR count). The number of unbranched alkanes of at least 4 members (excludes halogenated alkanes) is 5. The number of benzene rings is 1. The fourth-order valence-electron chi connectivity index (χ4n) is 2.59. The molecule has 0 N–H and O–H groups in total. The van der Waals surface area contributed by atoms with Crippen LogP contribution in [0.1, 0.15) is 75.5 Å². The van der Waals surface area contributed by atoms with E-state index in [0.29, 0.717) is 12.7 Å². The minimum atomic E-state index is 0.342. The Morgan fingerprint density at radius 3 is 2.57 bits per heavy atom. The highest BCUT2D eigenvalue weighted by atomic mass is 16.5. The van der Waals surface area contributed by atoms with Crippen molar-refractivity contribution in [3.05, 3.63) is 41.5 Å². The zero-order chi connectivity index (χ0) is 15.5. The standard InChI is InChI=1S/C20H32O/c1-5-7-8-9-10-11-12-18(4)21-16-20-15-17(3)13-14-19(20)6-2/h6,13-15,18H,2,5,7-12,16H2,1,3-4H3. The van der Waals surface area contributed by atoms with Gasteiger partial charge in [-0.25, -0.2) is 0 Å². The molecule has 1 aromatic carbocycles. The van der Waals surface area contributed by atoms with E-state index in [0.717, 1.165) is 0 Å². The molecule has 0 amide bonds. The van der Waals surface area contributed by atoms with Crippen LogP contribution in [0.5, 0.6) is 0 Å². The molecule has 1 atom stereocenters. The van der Waals surface area contributed by atoms with Crippen LogP contribution < -0.4 is 0 Å². The van der Waals surface area contributed by atoms with Crippen LogP contribution in [0.4, 0.5) is 0 Å². The molecule has 118 valence electrons. The van der Waals surface area contributed by atoms with E-state index in [1.165, 1.54) is 61.6 Å². The topological polar surface area (TPSA) is 9.23 Å². The molecule has 1 nitrogen and oxygen atoms in total. The van der Waals surface area contributed by atoms with E-state index in [9.17, 15) is 0 Å². The van der Waals surface area contributed by atoms with Gasteiger partial charge in [-0.05, 0) is 31.4 Å². The highest BCUT2D eigenvalue weighted by Gasteiger charge is 2.05. The molecule has 0 aliphatic carbocycles. The molecule has 0 saturated carbocycles. The Kier molecular flexibility index (Phi) is 9.09. The second kappa shape index (κ2) is 10.6. The highest BCUT2D eigenvalue weighted by Crippen LogP contribution is 2.16. The lowest BCUT2D eigenvalue weighted by Gasteiger charge is -2.15. The first-order chi connectivity index (χ1) is 10.2. The summed E-state index contributed by atoms with van der Waals surface area (Å²) in [7, 11) is 0. The van der Waals surface area contributed by atoms with Crippen molar-refractivity contribution in [1.29, 1.82) is 0 Å². The Morgan fingerprint density at radius 2 is 1.86 bits per heavy atom. The van der Waals surface area contributed by atoms with Crippen molar-refractivity contribution >= 4 is 6.08 Å². The second-order valence-electron chi connectivity index (χ2n) is 6.08. The molecule has 0 saturated heterocycles. The first-order valence-electron chi connectivity index (χ1n) is 8.51. The van der Waals surface area contributed by atoms with Crippen molar-refractivity contribution in [3.63, 3.8) is 0 Å². The minimum absolute atomic E-state index is 0.342. The predicted molar refractivity (Wildman–Crippen MR) is 93.5 cm³/mol. The van der Waals surface area contributed by atoms with Crippen LogP contribution in [0.15, 0.2) is 24.8 Å². The van der Waals surface area contributed by atoms with E-state index in [1.807, 2.05) is 6.08 Å². The van der Waals surface area contributed by atoms with Gasteiger partial charge in [0.2, 0.25) is 0 Å². The molecule has 0 aliphatic rings. The first kappa shape index (κ1) is 18.0. The molecule has 0 fully saturated rings. The van der Waals surface area contributed by atoms with E-state index in [1.54, 1.807) is 0 Å². The van der Waals surface area contributed by atoms with Gasteiger partial charge in [-0.15, -0.1) is 0 Å². The lowest BCUT2D eigenvalue weighted by Crippen LogP contribution is -2.08. The fourth-order valence-corrected chi connectivity index (χ4v) is 2.59. The fraction of sp³-hybridized carbons (Fsp3) is 0.600. The summed E-state index contributed by atoms with van der Waals surface area (Å²) in [5.41, 5.74) is 3.72. The number of rotatable bonds is 11. The van der Waals surface area contributed by atoms with Crippen LogP contribution in [-0.2, 0) is 11.3 Å². The Bertz CT molecular complexity index is 408. The lowest BCUT2D eigenvalue weighted by molar-refractivity contribution is 0.0458. The molecule has 1 aromatic rings. The smallest absolute Gasteiger partial charge is 0.0726 e. The summed E-state index contributed by atoms with van der Waals surface area (Å²) in [5.74, 6) is 0. The molecule has 1 unspecified atom stereocenters. The molecular weight excluding hydrogens is 256 g/mol. The van der Waals surface area contributed by atoms with Crippen molar-refractivity contribution in [3.8, 4) is 0 Å². The predicted octanol–water partition coefficient (Wildman–Crippen LogP) is 6.29. The van der Waals surface area contributed by atoms with Crippen molar-refractivity contribution in [2.75, 3.05) is 0 Å². The Morgan fingerprint density at radius 1 is 1.14 bits per heavy atom. The maximum absolute atomic E-state index is 6.01. The van der Waals surface area contributed by atoms with E-state index >= 15 is 0 Å². The Labute approximate surface area is 131 Å². The number of hydrogen-bond acceptors (Lipinski definition) is 1. The molecule has 0 spiro atoms. The summed E-state index contributed by atoms with van der Waals surface area (Å²) in [6.07, 6.45) is 11.5. The third-order valence-corrected chi connectivity index (χ3v) is 4.01. The van der Waals surface area contributed by atoms with E-state index in [4.69, 9.17) is 4.74 Å². The maximum Gasteiger partial charge on any atom is 0.0726 e.